The minimum absolute atomic E-state index is 0.0828. The van der Waals surface area contributed by atoms with Crippen molar-refractivity contribution in [1.82, 2.24) is 4.98 Å². The fourth-order valence-corrected chi connectivity index (χ4v) is 2.38. The van der Waals surface area contributed by atoms with Crippen LogP contribution in [0.25, 0.3) is 10.9 Å². The molecule has 0 spiro atoms. The van der Waals surface area contributed by atoms with E-state index in [2.05, 4.69) is 4.98 Å². The van der Waals surface area contributed by atoms with E-state index in [1.807, 2.05) is 0 Å². The van der Waals surface area contributed by atoms with Crippen molar-refractivity contribution in [2.45, 2.75) is 25.4 Å². The van der Waals surface area contributed by atoms with Gasteiger partial charge in [-0.25, -0.2) is 4.98 Å². The van der Waals surface area contributed by atoms with Gasteiger partial charge in [-0.15, -0.1) is 0 Å². The molecule has 0 atom stereocenters. The fraction of sp³-hybridized carbons (Fsp3) is 0.286. The summed E-state index contributed by atoms with van der Waals surface area (Å²) in [5, 5.41) is 0.640. The number of carbonyl (C=O) groups is 1. The number of aryl methyl sites for hydroxylation is 1. The zero-order valence-corrected chi connectivity index (χ0v) is 9.92. The van der Waals surface area contributed by atoms with Crippen LogP contribution >= 0.6 is 0 Å². The Morgan fingerprint density at radius 3 is 2.63 bits per heavy atom. The predicted molar refractivity (Wildman–Crippen MR) is 64.0 cm³/mol. The topological polar surface area (TPSA) is 30.0 Å². The minimum atomic E-state index is -4.39. The summed E-state index contributed by atoms with van der Waals surface area (Å²) in [7, 11) is 0. The molecule has 1 aliphatic rings. The van der Waals surface area contributed by atoms with Gasteiger partial charge in [-0.1, -0.05) is 6.07 Å². The normalized spacial score (nSPS) is 15.6. The molecule has 0 amide bonds. The molecular weight excluding hydrogens is 255 g/mol. The summed E-state index contributed by atoms with van der Waals surface area (Å²) < 4.78 is 37.9. The van der Waals surface area contributed by atoms with Gasteiger partial charge in [0.15, 0.2) is 5.78 Å². The lowest BCUT2D eigenvalue weighted by atomic mass is 9.93. The third-order valence-corrected chi connectivity index (χ3v) is 3.34. The smallest absolute Gasteiger partial charge is 0.292 e. The number of pyridine rings is 1. The van der Waals surface area contributed by atoms with Crippen LogP contribution in [0, 0.1) is 0 Å². The van der Waals surface area contributed by atoms with Gasteiger partial charge in [-0.05, 0) is 36.6 Å². The third kappa shape index (κ3) is 2.09. The van der Waals surface area contributed by atoms with Gasteiger partial charge in [-0.3, -0.25) is 4.79 Å². The molecule has 1 aromatic heterocycles. The standard InChI is InChI=1S/C14H10F3NO/c15-14(16,17)10-5-4-8-6-9-2-1-3-12(19)13(9)18-11(8)7-10/h4-7H,1-3H2. The van der Waals surface area contributed by atoms with Gasteiger partial charge in [0.2, 0.25) is 0 Å². The Morgan fingerprint density at radius 1 is 1.11 bits per heavy atom. The molecule has 0 saturated carbocycles. The average Bonchev–Trinajstić information content (AvgIpc) is 2.35. The number of fused-ring (bicyclic) bond motifs is 2. The summed E-state index contributed by atoms with van der Waals surface area (Å²) in [5.41, 5.74) is 0.654. The number of benzene rings is 1. The van der Waals surface area contributed by atoms with Crippen molar-refractivity contribution in [3.05, 3.63) is 41.1 Å². The van der Waals surface area contributed by atoms with Crippen molar-refractivity contribution in [3.8, 4) is 0 Å². The first-order valence-corrected chi connectivity index (χ1v) is 5.99. The molecule has 3 rings (SSSR count). The second kappa shape index (κ2) is 4.05. The van der Waals surface area contributed by atoms with Gasteiger partial charge in [0.25, 0.3) is 0 Å². The molecule has 1 aliphatic carbocycles. The molecule has 1 heterocycles. The summed E-state index contributed by atoms with van der Waals surface area (Å²) in [5.74, 6) is -0.0828. The number of nitrogens with zero attached hydrogens (tertiary/aromatic N) is 1. The molecule has 2 aromatic rings. The highest BCUT2D eigenvalue weighted by molar-refractivity contribution is 5.99. The predicted octanol–water partition coefficient (Wildman–Crippen LogP) is 3.77. The third-order valence-electron chi connectivity index (χ3n) is 3.34. The maximum Gasteiger partial charge on any atom is 0.416 e. The highest BCUT2D eigenvalue weighted by Gasteiger charge is 2.31. The average molecular weight is 265 g/mol. The highest BCUT2D eigenvalue weighted by Crippen LogP contribution is 2.32. The molecule has 0 aliphatic heterocycles. The number of carbonyl (C=O) groups excluding carboxylic acids is 1. The van der Waals surface area contributed by atoms with Crippen molar-refractivity contribution in [2.24, 2.45) is 0 Å². The van der Waals surface area contributed by atoms with Crippen LogP contribution in [0.2, 0.25) is 0 Å². The maximum absolute atomic E-state index is 12.6. The first-order chi connectivity index (χ1) is 8.95. The van der Waals surface area contributed by atoms with Crippen molar-refractivity contribution in [3.63, 3.8) is 0 Å². The zero-order chi connectivity index (χ0) is 13.6. The lowest BCUT2D eigenvalue weighted by Crippen LogP contribution is -2.13. The van der Waals surface area contributed by atoms with Crippen LogP contribution in [-0.2, 0) is 12.6 Å². The minimum Gasteiger partial charge on any atom is -0.292 e. The molecular formula is C14H10F3NO. The van der Waals surface area contributed by atoms with Gasteiger partial charge in [0.1, 0.15) is 5.69 Å². The summed E-state index contributed by atoms with van der Waals surface area (Å²) in [6.45, 7) is 0. The molecule has 0 N–H and O–H groups in total. The van der Waals surface area contributed by atoms with Gasteiger partial charge in [0.05, 0.1) is 11.1 Å². The number of ketones is 1. The van der Waals surface area contributed by atoms with E-state index in [9.17, 15) is 18.0 Å². The lowest BCUT2D eigenvalue weighted by molar-refractivity contribution is -0.137. The lowest BCUT2D eigenvalue weighted by Gasteiger charge is -2.15. The van der Waals surface area contributed by atoms with Gasteiger partial charge in [-0.2, -0.15) is 13.2 Å². The number of aromatic nitrogens is 1. The highest BCUT2D eigenvalue weighted by atomic mass is 19.4. The number of hydrogen-bond acceptors (Lipinski definition) is 2. The second-order valence-corrected chi connectivity index (χ2v) is 4.68. The zero-order valence-electron chi connectivity index (χ0n) is 9.92. The van der Waals surface area contributed by atoms with Crippen LogP contribution in [0.5, 0.6) is 0 Å². The molecule has 0 radical (unpaired) electrons. The quantitative estimate of drug-likeness (QED) is 0.725. The number of halogens is 3. The molecule has 0 bridgehead atoms. The summed E-state index contributed by atoms with van der Waals surface area (Å²) in [6, 6.07) is 5.22. The first kappa shape index (κ1) is 12.1. The number of Topliss-reactive ketones (excluding diaryl/α,β-unsaturated/α-hetero) is 1. The Morgan fingerprint density at radius 2 is 1.89 bits per heavy atom. The SMILES string of the molecule is O=C1CCCc2cc3ccc(C(F)(F)F)cc3nc21. The van der Waals surface area contributed by atoms with Crippen molar-refractivity contribution in [1.29, 1.82) is 0 Å². The van der Waals surface area contributed by atoms with E-state index in [1.54, 1.807) is 6.07 Å². The molecule has 0 saturated heterocycles. The molecule has 98 valence electrons. The maximum atomic E-state index is 12.6. The van der Waals surface area contributed by atoms with E-state index in [1.165, 1.54) is 6.07 Å². The fourth-order valence-electron chi connectivity index (χ4n) is 2.38. The van der Waals surface area contributed by atoms with E-state index in [-0.39, 0.29) is 11.3 Å². The summed E-state index contributed by atoms with van der Waals surface area (Å²) in [4.78, 5) is 15.8. The van der Waals surface area contributed by atoms with E-state index < -0.39 is 11.7 Å². The van der Waals surface area contributed by atoms with E-state index in [0.29, 0.717) is 17.5 Å². The summed E-state index contributed by atoms with van der Waals surface area (Å²) in [6.07, 6.45) is -2.44. The van der Waals surface area contributed by atoms with E-state index >= 15 is 0 Å². The molecule has 19 heavy (non-hydrogen) atoms. The molecule has 2 nitrogen and oxygen atoms in total. The Balaban J connectivity index is 2.21. The van der Waals surface area contributed by atoms with Crippen molar-refractivity contribution in [2.75, 3.05) is 0 Å². The monoisotopic (exact) mass is 265 g/mol. The number of rotatable bonds is 0. The Kier molecular flexibility index (Phi) is 2.59. The first-order valence-electron chi connectivity index (χ1n) is 5.99. The molecule has 0 unspecified atom stereocenters. The van der Waals surface area contributed by atoms with Gasteiger partial charge < -0.3 is 0 Å². The number of hydrogen-bond donors (Lipinski definition) is 0. The van der Waals surface area contributed by atoms with Crippen LogP contribution in [0.15, 0.2) is 24.3 Å². The molecule has 1 aromatic carbocycles. The van der Waals surface area contributed by atoms with Crippen LogP contribution in [-0.4, -0.2) is 10.8 Å². The van der Waals surface area contributed by atoms with Crippen molar-refractivity contribution < 1.29 is 18.0 Å². The number of alkyl halides is 3. The molecule has 0 fully saturated rings. The Bertz CT molecular complexity index is 676. The van der Waals surface area contributed by atoms with E-state index in [4.69, 9.17) is 0 Å². The van der Waals surface area contributed by atoms with E-state index in [0.717, 1.165) is 30.5 Å². The second-order valence-electron chi connectivity index (χ2n) is 4.68. The van der Waals surface area contributed by atoms with Crippen LogP contribution in [0.3, 0.4) is 0 Å². The van der Waals surface area contributed by atoms with Crippen LogP contribution in [0.4, 0.5) is 13.2 Å². The summed E-state index contributed by atoms with van der Waals surface area (Å²) >= 11 is 0. The van der Waals surface area contributed by atoms with Gasteiger partial charge in [0, 0.05) is 11.8 Å². The Hall–Kier alpha value is -1.91. The van der Waals surface area contributed by atoms with Crippen LogP contribution in [0.1, 0.15) is 34.5 Å². The Labute approximate surface area is 107 Å². The molecule has 5 heteroatoms. The van der Waals surface area contributed by atoms with Gasteiger partial charge >= 0.3 is 6.18 Å². The largest absolute Gasteiger partial charge is 0.416 e. The van der Waals surface area contributed by atoms with Crippen molar-refractivity contribution >= 4 is 16.7 Å². The van der Waals surface area contributed by atoms with Crippen LogP contribution < -0.4 is 0 Å².